The van der Waals surface area contributed by atoms with Crippen molar-refractivity contribution in [2.24, 2.45) is 0 Å². The Bertz CT molecular complexity index is 1140. The summed E-state index contributed by atoms with van der Waals surface area (Å²) in [5.74, 6) is 0. The van der Waals surface area contributed by atoms with Crippen LogP contribution in [-0.2, 0) is 32.6 Å². The number of benzene rings is 2. The molecule has 0 aliphatic carbocycles. The molecular formula is C23H24ClN3O2. The molecule has 150 valence electrons. The molecule has 1 aliphatic heterocycles. The fraction of sp³-hybridized carbons (Fsp3) is 0.304. The fourth-order valence-corrected chi connectivity index (χ4v) is 4.24. The van der Waals surface area contributed by atoms with Gasteiger partial charge >= 0.3 is 5.69 Å². The van der Waals surface area contributed by atoms with E-state index in [1.54, 1.807) is 4.57 Å². The third kappa shape index (κ3) is 3.93. The number of fused-ring (bicyclic) bond motifs is 1. The van der Waals surface area contributed by atoms with Gasteiger partial charge in [-0.2, -0.15) is 0 Å². The Balaban J connectivity index is 1.71. The summed E-state index contributed by atoms with van der Waals surface area (Å²) in [6, 6.07) is 17.4. The van der Waals surface area contributed by atoms with E-state index in [1.165, 1.54) is 4.57 Å². The molecule has 3 aromatic rings. The molecule has 2 aromatic carbocycles. The maximum absolute atomic E-state index is 13.3. The van der Waals surface area contributed by atoms with Crippen molar-refractivity contribution >= 4 is 11.6 Å². The van der Waals surface area contributed by atoms with Crippen LogP contribution in [0.3, 0.4) is 0 Å². The van der Waals surface area contributed by atoms with Crippen LogP contribution in [-0.4, -0.2) is 20.6 Å². The number of hydrogen-bond acceptors (Lipinski definition) is 3. The highest BCUT2D eigenvalue weighted by atomic mass is 35.5. The average Bonchev–Trinajstić information content (AvgIpc) is 2.74. The molecular weight excluding hydrogens is 386 g/mol. The number of hydrogen-bond donors (Lipinski definition) is 0. The molecule has 0 unspecified atom stereocenters. The second-order valence-corrected chi connectivity index (χ2v) is 7.79. The van der Waals surface area contributed by atoms with Gasteiger partial charge in [0.2, 0.25) is 0 Å². The molecule has 5 nitrogen and oxygen atoms in total. The highest BCUT2D eigenvalue weighted by molar-refractivity contribution is 6.31. The van der Waals surface area contributed by atoms with E-state index in [2.05, 4.69) is 4.90 Å². The van der Waals surface area contributed by atoms with E-state index in [1.807, 2.05) is 61.5 Å². The lowest BCUT2D eigenvalue weighted by Gasteiger charge is -2.30. The summed E-state index contributed by atoms with van der Waals surface area (Å²) in [6.07, 6.45) is 0.685. The van der Waals surface area contributed by atoms with Crippen LogP contribution >= 0.6 is 11.6 Å². The van der Waals surface area contributed by atoms with E-state index in [9.17, 15) is 9.59 Å². The van der Waals surface area contributed by atoms with Crippen molar-refractivity contribution in [3.8, 4) is 0 Å². The third-order valence-electron chi connectivity index (χ3n) is 5.54. The van der Waals surface area contributed by atoms with Crippen molar-refractivity contribution in [3.05, 3.63) is 103 Å². The SMILES string of the molecule is CCn1c2c(c(=O)n(Cc3ccccc3)c1=O)CN(Cc1ccccc1Cl)CC2. The van der Waals surface area contributed by atoms with E-state index in [-0.39, 0.29) is 17.8 Å². The molecule has 0 bridgehead atoms. The van der Waals surface area contributed by atoms with Crippen molar-refractivity contribution in [2.75, 3.05) is 6.54 Å². The minimum atomic E-state index is -0.223. The zero-order valence-electron chi connectivity index (χ0n) is 16.5. The molecule has 0 saturated heterocycles. The van der Waals surface area contributed by atoms with Gasteiger partial charge in [0, 0.05) is 43.3 Å². The summed E-state index contributed by atoms with van der Waals surface area (Å²) in [6.45, 7) is 4.79. The Hall–Kier alpha value is -2.63. The molecule has 1 aliphatic rings. The topological polar surface area (TPSA) is 47.2 Å². The average molecular weight is 410 g/mol. The summed E-state index contributed by atoms with van der Waals surface area (Å²) < 4.78 is 3.13. The number of halogens is 1. The molecule has 6 heteroatoms. The standard InChI is InChI=1S/C23H24ClN3O2/c1-2-26-21-12-13-25(15-18-10-6-7-11-20(18)24)16-19(21)22(28)27(23(26)29)14-17-8-4-3-5-9-17/h3-11H,2,12-16H2,1H3. The fourth-order valence-electron chi connectivity index (χ4n) is 4.04. The number of nitrogens with zero attached hydrogens (tertiary/aromatic N) is 3. The number of aromatic nitrogens is 2. The normalized spacial score (nSPS) is 14.0. The number of rotatable bonds is 5. The van der Waals surface area contributed by atoms with Gasteiger partial charge in [-0.15, -0.1) is 0 Å². The minimum Gasteiger partial charge on any atom is -0.297 e. The second kappa shape index (κ2) is 8.39. The van der Waals surface area contributed by atoms with Crippen LogP contribution in [0.5, 0.6) is 0 Å². The molecule has 0 atom stereocenters. The summed E-state index contributed by atoms with van der Waals surface area (Å²) in [7, 11) is 0. The first-order chi connectivity index (χ1) is 14.1. The van der Waals surface area contributed by atoms with Gasteiger partial charge in [0.05, 0.1) is 12.1 Å². The quantitative estimate of drug-likeness (QED) is 0.649. The van der Waals surface area contributed by atoms with E-state index < -0.39 is 0 Å². The Labute approximate surface area is 174 Å². The molecule has 1 aromatic heterocycles. The molecule has 0 spiro atoms. The van der Waals surface area contributed by atoms with E-state index in [0.717, 1.165) is 34.0 Å². The van der Waals surface area contributed by atoms with Gasteiger partial charge in [0.1, 0.15) is 0 Å². The van der Waals surface area contributed by atoms with Gasteiger partial charge in [-0.05, 0) is 24.1 Å². The van der Waals surface area contributed by atoms with Crippen LogP contribution in [0, 0.1) is 0 Å². The van der Waals surface area contributed by atoms with Crippen LogP contribution < -0.4 is 11.2 Å². The summed E-state index contributed by atoms with van der Waals surface area (Å²) in [5, 5.41) is 0.735. The van der Waals surface area contributed by atoms with Crippen molar-refractivity contribution < 1.29 is 0 Å². The first-order valence-corrected chi connectivity index (χ1v) is 10.3. The van der Waals surface area contributed by atoms with Gasteiger partial charge in [-0.3, -0.25) is 18.8 Å². The monoisotopic (exact) mass is 409 g/mol. The van der Waals surface area contributed by atoms with Gasteiger partial charge in [-0.1, -0.05) is 60.1 Å². The molecule has 4 rings (SSSR count). The second-order valence-electron chi connectivity index (χ2n) is 7.38. The zero-order chi connectivity index (χ0) is 20.4. The molecule has 0 N–H and O–H groups in total. The maximum Gasteiger partial charge on any atom is 0.331 e. The van der Waals surface area contributed by atoms with E-state index in [0.29, 0.717) is 26.1 Å². The lowest BCUT2D eigenvalue weighted by Crippen LogP contribution is -2.47. The highest BCUT2D eigenvalue weighted by Crippen LogP contribution is 2.21. The van der Waals surface area contributed by atoms with Gasteiger partial charge in [0.25, 0.3) is 5.56 Å². The van der Waals surface area contributed by atoms with Crippen molar-refractivity contribution in [3.63, 3.8) is 0 Å². The molecule has 0 saturated carbocycles. The lowest BCUT2D eigenvalue weighted by molar-refractivity contribution is 0.236. The van der Waals surface area contributed by atoms with Crippen LogP contribution in [0.1, 0.15) is 29.3 Å². The van der Waals surface area contributed by atoms with Crippen molar-refractivity contribution in [1.82, 2.24) is 14.0 Å². The van der Waals surface area contributed by atoms with Crippen molar-refractivity contribution in [2.45, 2.75) is 39.5 Å². The Morgan fingerprint density at radius 3 is 2.38 bits per heavy atom. The summed E-state index contributed by atoms with van der Waals surface area (Å²) >= 11 is 6.32. The first-order valence-electron chi connectivity index (χ1n) is 9.93. The molecule has 0 fully saturated rings. The maximum atomic E-state index is 13.3. The van der Waals surface area contributed by atoms with Gasteiger partial charge in [-0.25, -0.2) is 4.79 Å². The first kappa shape index (κ1) is 19.7. The predicted octanol–water partition coefficient (Wildman–Crippen LogP) is 3.29. The predicted molar refractivity (Wildman–Crippen MR) is 115 cm³/mol. The van der Waals surface area contributed by atoms with Crippen LogP contribution in [0.25, 0.3) is 0 Å². The zero-order valence-corrected chi connectivity index (χ0v) is 17.2. The molecule has 2 heterocycles. The van der Waals surface area contributed by atoms with E-state index in [4.69, 9.17) is 11.6 Å². The summed E-state index contributed by atoms with van der Waals surface area (Å²) in [4.78, 5) is 28.5. The van der Waals surface area contributed by atoms with Crippen molar-refractivity contribution in [1.29, 1.82) is 0 Å². The Kier molecular flexibility index (Phi) is 5.69. The summed E-state index contributed by atoms with van der Waals surface area (Å²) in [5.41, 5.74) is 3.19. The van der Waals surface area contributed by atoms with Crippen LogP contribution in [0.2, 0.25) is 5.02 Å². The third-order valence-corrected chi connectivity index (χ3v) is 5.91. The lowest BCUT2D eigenvalue weighted by atomic mass is 10.0. The van der Waals surface area contributed by atoms with Crippen LogP contribution in [0.4, 0.5) is 0 Å². The Morgan fingerprint density at radius 2 is 1.66 bits per heavy atom. The molecule has 0 amide bonds. The van der Waals surface area contributed by atoms with E-state index >= 15 is 0 Å². The van der Waals surface area contributed by atoms with Gasteiger partial charge in [0.15, 0.2) is 0 Å². The minimum absolute atomic E-state index is 0.178. The van der Waals surface area contributed by atoms with Crippen LogP contribution in [0.15, 0.2) is 64.2 Å². The largest absolute Gasteiger partial charge is 0.331 e. The highest BCUT2D eigenvalue weighted by Gasteiger charge is 2.25. The molecule has 29 heavy (non-hydrogen) atoms. The Morgan fingerprint density at radius 1 is 0.931 bits per heavy atom. The van der Waals surface area contributed by atoms with Gasteiger partial charge < -0.3 is 0 Å². The molecule has 0 radical (unpaired) electrons. The smallest absolute Gasteiger partial charge is 0.297 e.